The largest absolute Gasteiger partial charge is 0.338 e. The lowest BCUT2D eigenvalue weighted by atomic mass is 10.1. The average molecular weight is 491 g/mol. The van der Waals surface area contributed by atoms with Crippen molar-refractivity contribution in [1.82, 2.24) is 19.4 Å². The zero-order chi connectivity index (χ0) is 23.6. The molecule has 1 atom stereocenters. The molecule has 2 aromatic carbocycles. The van der Waals surface area contributed by atoms with Crippen molar-refractivity contribution in [2.75, 3.05) is 44.7 Å². The van der Waals surface area contributed by atoms with Crippen LogP contribution in [-0.4, -0.2) is 91.1 Å². The smallest absolute Gasteiger partial charge is 0.325 e. The number of amides is 4. The molecule has 2 aliphatic rings. The van der Waals surface area contributed by atoms with Crippen molar-refractivity contribution >= 4 is 50.4 Å². The summed E-state index contributed by atoms with van der Waals surface area (Å²) in [6.45, 7) is 0.364. The third-order valence-corrected chi connectivity index (χ3v) is 8.50. The molecule has 4 amide bonds. The summed E-state index contributed by atoms with van der Waals surface area (Å²) in [5, 5.41) is 4.43. The first-order valence-corrected chi connectivity index (χ1v) is 13.5. The lowest BCUT2D eigenvalue weighted by Gasteiger charge is -2.34. The molecule has 1 N–H and O–H groups in total. The number of carbonyl (C=O) groups is 3. The molecule has 4 rings (SSSR count). The van der Waals surface area contributed by atoms with Crippen molar-refractivity contribution in [3.05, 3.63) is 42.5 Å². The Morgan fingerprint density at radius 3 is 2.45 bits per heavy atom. The SMILES string of the molecule is CSCCC1NC(=O)N(CC(=O)N2CCN(S(=O)(=O)c3ccc4ccccc4c3)CC2)C1=O. The number of imide groups is 1. The summed E-state index contributed by atoms with van der Waals surface area (Å²) < 4.78 is 27.6. The Morgan fingerprint density at radius 1 is 1.06 bits per heavy atom. The fraction of sp³-hybridized carbons (Fsp3) is 0.409. The van der Waals surface area contributed by atoms with Gasteiger partial charge in [0.2, 0.25) is 15.9 Å². The van der Waals surface area contributed by atoms with Crippen molar-refractivity contribution in [2.45, 2.75) is 17.4 Å². The van der Waals surface area contributed by atoms with Crippen LogP contribution in [0.5, 0.6) is 0 Å². The van der Waals surface area contributed by atoms with Gasteiger partial charge in [-0.3, -0.25) is 14.5 Å². The van der Waals surface area contributed by atoms with E-state index >= 15 is 0 Å². The number of thioether (sulfide) groups is 1. The number of hydrogen-bond donors (Lipinski definition) is 1. The van der Waals surface area contributed by atoms with Crippen molar-refractivity contribution in [1.29, 1.82) is 0 Å². The number of urea groups is 1. The summed E-state index contributed by atoms with van der Waals surface area (Å²) in [7, 11) is -3.69. The van der Waals surface area contributed by atoms with Crippen LogP contribution < -0.4 is 5.32 Å². The van der Waals surface area contributed by atoms with Gasteiger partial charge >= 0.3 is 6.03 Å². The fourth-order valence-electron chi connectivity index (χ4n) is 4.05. The number of hydrogen-bond acceptors (Lipinski definition) is 6. The number of piperazine rings is 1. The quantitative estimate of drug-likeness (QED) is 0.587. The van der Waals surface area contributed by atoms with Gasteiger partial charge in [0.15, 0.2) is 0 Å². The van der Waals surface area contributed by atoms with Crippen molar-refractivity contribution in [3.63, 3.8) is 0 Å². The molecule has 2 aromatic rings. The highest BCUT2D eigenvalue weighted by atomic mass is 32.2. The van der Waals surface area contributed by atoms with Gasteiger partial charge in [-0.05, 0) is 41.3 Å². The normalized spacial score (nSPS) is 19.8. The molecule has 0 aromatic heterocycles. The van der Waals surface area contributed by atoms with Gasteiger partial charge in [-0.1, -0.05) is 30.3 Å². The Bertz CT molecular complexity index is 1180. The molecule has 2 heterocycles. The number of sulfonamides is 1. The molecule has 9 nitrogen and oxygen atoms in total. The van der Waals surface area contributed by atoms with Gasteiger partial charge in [-0.25, -0.2) is 13.2 Å². The molecule has 0 radical (unpaired) electrons. The molecular formula is C22H26N4O5S2. The minimum Gasteiger partial charge on any atom is -0.338 e. The maximum absolute atomic E-state index is 13.1. The predicted octanol–water partition coefficient (Wildman–Crippen LogP) is 1.35. The second-order valence-electron chi connectivity index (χ2n) is 8.00. The number of rotatable bonds is 7. The number of carbonyl (C=O) groups excluding carboxylic acids is 3. The molecule has 33 heavy (non-hydrogen) atoms. The summed E-state index contributed by atoms with van der Waals surface area (Å²) in [5.74, 6) is -0.0294. The van der Waals surface area contributed by atoms with Gasteiger partial charge in [-0.2, -0.15) is 16.1 Å². The van der Waals surface area contributed by atoms with Gasteiger partial charge < -0.3 is 10.2 Å². The van der Waals surface area contributed by atoms with E-state index in [1.807, 2.05) is 30.5 Å². The topological polar surface area (TPSA) is 107 Å². The molecule has 0 saturated carbocycles. The van der Waals surface area contributed by atoms with Crippen LogP contribution in [0.15, 0.2) is 47.4 Å². The predicted molar refractivity (Wildman–Crippen MR) is 126 cm³/mol. The Kier molecular flexibility index (Phi) is 6.91. The first-order valence-electron chi connectivity index (χ1n) is 10.7. The highest BCUT2D eigenvalue weighted by molar-refractivity contribution is 7.98. The zero-order valence-corrected chi connectivity index (χ0v) is 19.9. The summed E-state index contributed by atoms with van der Waals surface area (Å²) in [5.41, 5.74) is 0. The summed E-state index contributed by atoms with van der Waals surface area (Å²) in [6.07, 6.45) is 2.43. The molecular weight excluding hydrogens is 464 g/mol. The third-order valence-electron chi connectivity index (χ3n) is 5.96. The van der Waals surface area contributed by atoms with Gasteiger partial charge in [-0.15, -0.1) is 0 Å². The Hall–Kier alpha value is -2.63. The van der Waals surface area contributed by atoms with Crippen LogP contribution in [0.3, 0.4) is 0 Å². The molecule has 2 aliphatic heterocycles. The van der Waals surface area contributed by atoms with E-state index in [0.717, 1.165) is 21.4 Å². The highest BCUT2D eigenvalue weighted by Crippen LogP contribution is 2.23. The fourth-order valence-corrected chi connectivity index (χ4v) is 5.98. The van der Waals surface area contributed by atoms with Crippen molar-refractivity contribution < 1.29 is 22.8 Å². The van der Waals surface area contributed by atoms with Crippen LogP contribution >= 0.6 is 11.8 Å². The van der Waals surface area contributed by atoms with Crippen LogP contribution in [0.25, 0.3) is 10.8 Å². The Morgan fingerprint density at radius 2 is 1.76 bits per heavy atom. The molecule has 0 bridgehead atoms. The molecule has 176 valence electrons. The van der Waals surface area contributed by atoms with Crippen LogP contribution in [0.2, 0.25) is 0 Å². The average Bonchev–Trinajstić information content (AvgIpc) is 3.09. The number of fused-ring (bicyclic) bond motifs is 1. The monoisotopic (exact) mass is 490 g/mol. The summed E-state index contributed by atoms with van der Waals surface area (Å²) in [4.78, 5) is 40.0. The van der Waals surface area contributed by atoms with Crippen molar-refractivity contribution in [2.24, 2.45) is 0 Å². The van der Waals surface area contributed by atoms with E-state index in [-0.39, 0.29) is 49.4 Å². The minimum atomic E-state index is -3.69. The number of nitrogens with one attached hydrogen (secondary N) is 1. The number of nitrogens with zero attached hydrogens (tertiary/aromatic N) is 3. The first kappa shape index (κ1) is 23.5. The molecule has 0 spiro atoms. The second kappa shape index (κ2) is 9.70. The maximum atomic E-state index is 13.1. The van der Waals surface area contributed by atoms with Crippen LogP contribution in [0.1, 0.15) is 6.42 Å². The standard InChI is InChI=1S/C22H26N4O5S2/c1-32-13-8-19-21(28)26(22(29)23-19)15-20(27)24-9-11-25(12-10-24)33(30,31)18-7-6-16-4-2-3-5-17(16)14-18/h2-7,14,19H,8-13,15H2,1H3,(H,23,29). The van der Waals surface area contributed by atoms with Crippen LogP contribution in [0.4, 0.5) is 4.79 Å². The lowest BCUT2D eigenvalue weighted by molar-refractivity contribution is -0.138. The van der Waals surface area contributed by atoms with Crippen LogP contribution in [-0.2, 0) is 19.6 Å². The van der Waals surface area contributed by atoms with Gasteiger partial charge in [0.25, 0.3) is 5.91 Å². The molecule has 2 fully saturated rings. The second-order valence-corrected chi connectivity index (χ2v) is 10.9. The summed E-state index contributed by atoms with van der Waals surface area (Å²) >= 11 is 1.58. The van der Waals surface area contributed by atoms with Crippen LogP contribution in [0, 0.1) is 0 Å². The van der Waals surface area contributed by atoms with Gasteiger partial charge in [0.1, 0.15) is 12.6 Å². The van der Waals surface area contributed by atoms with E-state index in [4.69, 9.17) is 0 Å². The minimum absolute atomic E-state index is 0.150. The van der Waals surface area contributed by atoms with Crippen molar-refractivity contribution in [3.8, 4) is 0 Å². The molecule has 1 unspecified atom stereocenters. The van der Waals surface area contributed by atoms with E-state index in [9.17, 15) is 22.8 Å². The highest BCUT2D eigenvalue weighted by Gasteiger charge is 2.39. The van der Waals surface area contributed by atoms with E-state index in [2.05, 4.69) is 5.32 Å². The Labute approximate surface area is 197 Å². The molecule has 0 aliphatic carbocycles. The van der Waals surface area contributed by atoms with E-state index in [1.54, 1.807) is 30.0 Å². The first-order chi connectivity index (χ1) is 15.8. The Balaban J connectivity index is 1.36. The zero-order valence-electron chi connectivity index (χ0n) is 18.3. The van der Waals surface area contributed by atoms with E-state index in [1.165, 1.54) is 9.21 Å². The lowest BCUT2D eigenvalue weighted by Crippen LogP contribution is -2.53. The van der Waals surface area contributed by atoms with Gasteiger partial charge in [0, 0.05) is 26.2 Å². The third kappa shape index (κ3) is 4.85. The summed E-state index contributed by atoms with van der Waals surface area (Å²) in [6, 6.07) is 11.4. The molecule has 2 saturated heterocycles. The van der Waals surface area contributed by atoms with Gasteiger partial charge in [0.05, 0.1) is 4.90 Å². The number of benzene rings is 2. The maximum Gasteiger partial charge on any atom is 0.325 e. The molecule has 11 heteroatoms. The van der Waals surface area contributed by atoms with E-state index < -0.39 is 22.1 Å². The van der Waals surface area contributed by atoms with E-state index in [0.29, 0.717) is 6.42 Å².